The van der Waals surface area contributed by atoms with Crippen molar-refractivity contribution >= 4 is 29.5 Å². The zero-order valence-electron chi connectivity index (χ0n) is 29.7. The molecule has 3 aromatic carbocycles. The number of fused-ring (bicyclic) bond motifs is 18. The molecular formula is C39H46N8O5. The van der Waals surface area contributed by atoms with Crippen LogP contribution in [0.2, 0.25) is 0 Å². The van der Waals surface area contributed by atoms with Crippen LogP contribution < -0.4 is 21.3 Å². The first-order chi connectivity index (χ1) is 25.1. The first-order valence-corrected chi connectivity index (χ1v) is 17.6. The fourth-order valence-corrected chi connectivity index (χ4v) is 6.06. The van der Waals surface area contributed by atoms with Crippen molar-refractivity contribution in [3.63, 3.8) is 0 Å². The normalized spacial score (nSPS) is 19.6. The van der Waals surface area contributed by atoms with Gasteiger partial charge in [-0.25, -0.2) is 4.98 Å². The lowest BCUT2D eigenvalue weighted by atomic mass is 10.0. The Morgan fingerprint density at radius 2 is 1.54 bits per heavy atom. The zero-order valence-corrected chi connectivity index (χ0v) is 29.7. The summed E-state index contributed by atoms with van der Waals surface area (Å²) >= 11 is 0. The van der Waals surface area contributed by atoms with Crippen molar-refractivity contribution in [1.29, 1.82) is 0 Å². The molecule has 1 aromatic heterocycles. The monoisotopic (exact) mass is 706 g/mol. The molecule has 6 rings (SSSR count). The molecule has 5 amide bonds. The molecule has 0 unspecified atom stereocenters. The molecule has 0 aliphatic carbocycles. The number of nitrogens with one attached hydrogen (secondary N) is 5. The van der Waals surface area contributed by atoms with Gasteiger partial charge in [0.1, 0.15) is 24.5 Å². The second-order valence-electron chi connectivity index (χ2n) is 13.4. The van der Waals surface area contributed by atoms with E-state index in [1.807, 2.05) is 56.3 Å². The van der Waals surface area contributed by atoms with E-state index in [4.69, 9.17) is 0 Å². The van der Waals surface area contributed by atoms with Crippen molar-refractivity contribution in [2.45, 2.75) is 71.1 Å². The van der Waals surface area contributed by atoms with Gasteiger partial charge in [0.2, 0.25) is 17.7 Å². The van der Waals surface area contributed by atoms with E-state index in [2.05, 4.69) is 36.4 Å². The molecule has 5 N–H and O–H groups in total. The summed E-state index contributed by atoms with van der Waals surface area (Å²) in [6, 6.07) is 20.6. The molecular weight excluding hydrogens is 660 g/mol. The molecule has 3 atom stereocenters. The fraction of sp³-hybridized carbons (Fsp3) is 0.359. The van der Waals surface area contributed by atoms with E-state index in [-0.39, 0.29) is 30.7 Å². The van der Waals surface area contributed by atoms with Crippen LogP contribution in [0, 0.1) is 5.92 Å². The van der Waals surface area contributed by atoms with Crippen LogP contribution in [0.4, 0.5) is 0 Å². The van der Waals surface area contributed by atoms with Crippen molar-refractivity contribution in [2.75, 3.05) is 13.1 Å². The van der Waals surface area contributed by atoms with Crippen LogP contribution in [-0.2, 0) is 27.3 Å². The van der Waals surface area contributed by atoms with Gasteiger partial charge in [0.25, 0.3) is 11.8 Å². The molecule has 0 saturated carbocycles. The number of rotatable bonds is 6. The van der Waals surface area contributed by atoms with Gasteiger partial charge in [-0.15, -0.1) is 0 Å². The maximum absolute atomic E-state index is 14.1. The van der Waals surface area contributed by atoms with Gasteiger partial charge in [-0.3, -0.25) is 29.1 Å². The third-order valence-corrected chi connectivity index (χ3v) is 8.86. The maximum atomic E-state index is 14.1. The molecule has 0 radical (unpaired) electrons. The van der Waals surface area contributed by atoms with E-state index in [1.165, 1.54) is 6.33 Å². The van der Waals surface area contributed by atoms with Crippen LogP contribution in [0.25, 0.3) is 11.4 Å². The fourth-order valence-electron chi connectivity index (χ4n) is 6.06. The molecule has 4 aromatic rings. The smallest absolute Gasteiger partial charge is 0.254 e. The molecule has 0 spiro atoms. The van der Waals surface area contributed by atoms with Gasteiger partial charge >= 0.3 is 0 Å². The Morgan fingerprint density at radius 3 is 2.25 bits per heavy atom. The second-order valence-corrected chi connectivity index (χ2v) is 13.4. The number of H-pyrrole nitrogens is 1. The van der Waals surface area contributed by atoms with E-state index in [0.717, 1.165) is 11.1 Å². The van der Waals surface area contributed by atoms with Crippen LogP contribution in [0.1, 0.15) is 71.9 Å². The number of benzene rings is 3. The molecule has 0 saturated heterocycles. The SMILES string of the molecule is CC(C)C[C@@H]1NC(=O)[C@@H](Cc2ccccc2)NC(=O)c2ccc(cc2)CN(C(=O)c2ccccc2-c2ncn[nH]2)CCCCNC(=O)[C@@H](C)NC1=O. The van der Waals surface area contributed by atoms with Gasteiger partial charge in [-0.05, 0) is 61.4 Å². The average Bonchev–Trinajstić information content (AvgIpc) is 3.68. The number of nitrogens with zero attached hydrogens (tertiary/aromatic N) is 3. The first-order valence-electron chi connectivity index (χ1n) is 17.6. The van der Waals surface area contributed by atoms with E-state index >= 15 is 0 Å². The Bertz CT molecular complexity index is 1830. The first kappa shape index (κ1) is 37.4. The summed E-state index contributed by atoms with van der Waals surface area (Å²) in [6.07, 6.45) is 3.07. The largest absolute Gasteiger partial charge is 0.354 e. The number of carbonyl (C=O) groups is 5. The number of carbonyl (C=O) groups excluding carboxylic acids is 5. The van der Waals surface area contributed by atoms with Crippen LogP contribution in [0.5, 0.6) is 0 Å². The van der Waals surface area contributed by atoms with Crippen LogP contribution in [-0.4, -0.2) is 80.8 Å². The third kappa shape index (κ3) is 10.1. The highest BCUT2D eigenvalue weighted by molar-refractivity contribution is 6.00. The molecule has 2 aliphatic rings. The van der Waals surface area contributed by atoms with Crippen molar-refractivity contribution < 1.29 is 24.0 Å². The van der Waals surface area contributed by atoms with Crippen LogP contribution in [0.3, 0.4) is 0 Å². The zero-order chi connectivity index (χ0) is 37.0. The number of aromatic amines is 1. The molecule has 13 nitrogen and oxygen atoms in total. The van der Waals surface area contributed by atoms with E-state index in [0.29, 0.717) is 54.9 Å². The summed E-state index contributed by atoms with van der Waals surface area (Å²) in [7, 11) is 0. The third-order valence-electron chi connectivity index (χ3n) is 8.86. The number of amides is 5. The minimum absolute atomic E-state index is 0.0532. The summed E-state index contributed by atoms with van der Waals surface area (Å²) in [5.74, 6) is -1.51. The second kappa shape index (κ2) is 17.9. The number of aromatic nitrogens is 3. The maximum Gasteiger partial charge on any atom is 0.254 e. The highest BCUT2D eigenvalue weighted by Gasteiger charge is 2.30. The van der Waals surface area contributed by atoms with Gasteiger partial charge in [0, 0.05) is 37.2 Å². The minimum Gasteiger partial charge on any atom is -0.354 e. The highest BCUT2D eigenvalue weighted by Crippen LogP contribution is 2.22. The summed E-state index contributed by atoms with van der Waals surface area (Å²) < 4.78 is 0. The molecule has 272 valence electrons. The van der Waals surface area contributed by atoms with Crippen LogP contribution >= 0.6 is 0 Å². The molecule has 2 bridgehead atoms. The Hall–Kier alpha value is -5.85. The van der Waals surface area contributed by atoms with E-state index in [9.17, 15) is 24.0 Å². The summed E-state index contributed by atoms with van der Waals surface area (Å²) in [6.45, 7) is 6.45. The predicted molar refractivity (Wildman–Crippen MR) is 196 cm³/mol. The lowest BCUT2D eigenvalue weighted by molar-refractivity contribution is -0.132. The Balaban J connectivity index is 1.43. The summed E-state index contributed by atoms with van der Waals surface area (Å²) in [5, 5.41) is 18.1. The summed E-state index contributed by atoms with van der Waals surface area (Å²) in [4.78, 5) is 73.9. The number of hydrogen-bond acceptors (Lipinski definition) is 7. The highest BCUT2D eigenvalue weighted by atomic mass is 16.2. The Kier molecular flexibility index (Phi) is 12.9. The molecule has 3 heterocycles. The lowest BCUT2D eigenvalue weighted by Gasteiger charge is -2.25. The van der Waals surface area contributed by atoms with E-state index < -0.39 is 35.8 Å². The van der Waals surface area contributed by atoms with Gasteiger partial charge in [0.05, 0.1) is 5.56 Å². The number of hydrogen-bond donors (Lipinski definition) is 5. The lowest BCUT2D eigenvalue weighted by Crippen LogP contribution is -2.57. The molecule has 2 aliphatic heterocycles. The van der Waals surface area contributed by atoms with E-state index in [1.54, 1.807) is 48.2 Å². The minimum atomic E-state index is -0.996. The van der Waals surface area contributed by atoms with Crippen molar-refractivity contribution in [1.82, 2.24) is 41.3 Å². The average molecular weight is 707 g/mol. The van der Waals surface area contributed by atoms with Crippen molar-refractivity contribution in [3.05, 3.63) is 107 Å². The van der Waals surface area contributed by atoms with Crippen LogP contribution in [0.15, 0.2) is 85.2 Å². The Labute approximate surface area is 303 Å². The molecule has 13 heteroatoms. The predicted octanol–water partition coefficient (Wildman–Crippen LogP) is 3.40. The van der Waals surface area contributed by atoms with Crippen molar-refractivity contribution in [3.8, 4) is 11.4 Å². The topological polar surface area (TPSA) is 178 Å². The van der Waals surface area contributed by atoms with Gasteiger partial charge < -0.3 is 26.2 Å². The van der Waals surface area contributed by atoms with Gasteiger partial charge in [0.15, 0.2) is 5.82 Å². The Morgan fingerprint density at radius 1 is 0.827 bits per heavy atom. The molecule has 52 heavy (non-hydrogen) atoms. The van der Waals surface area contributed by atoms with Gasteiger partial charge in [-0.2, -0.15) is 5.10 Å². The molecule has 0 fully saturated rings. The van der Waals surface area contributed by atoms with Crippen molar-refractivity contribution in [2.24, 2.45) is 5.92 Å². The van der Waals surface area contributed by atoms with Gasteiger partial charge in [-0.1, -0.05) is 74.5 Å². The summed E-state index contributed by atoms with van der Waals surface area (Å²) in [5.41, 5.74) is 3.04. The standard InChI is InChI=1S/C39H46N8O5/c1-25(2)21-32-37(50)43-26(3)35(48)40-19-9-10-20-47(39(52)31-14-8-7-13-30(31)34-41-24-42-46-34)23-28-15-17-29(18-16-28)36(49)44-33(38(51)45-32)22-27-11-5-4-6-12-27/h4-8,11-18,24-26,32-33H,9-10,19-23H2,1-3H3,(H,40,48)(H,43,50)(H,44,49)(H,45,51)(H,41,42,46)/t26-,32+,33-/m1/s1. The quantitative estimate of drug-likeness (QED) is 0.191.